The predicted octanol–water partition coefficient (Wildman–Crippen LogP) is 2.97. The van der Waals surface area contributed by atoms with Crippen molar-refractivity contribution < 1.29 is 34.1 Å². The number of fused-ring (bicyclic) bond motifs is 13. The number of anilines is 1. The summed E-state index contributed by atoms with van der Waals surface area (Å²) in [5.74, 6) is -2.20. The number of aromatic nitrogens is 2. The van der Waals surface area contributed by atoms with E-state index in [9.17, 15) is 24.6 Å². The van der Waals surface area contributed by atoms with Crippen molar-refractivity contribution in [2.75, 3.05) is 12.3 Å². The third kappa shape index (κ3) is 2.23. The standard InChI is InChI=1S/C28H22N4O7/c1-3-38-26(36)28(37)10-15-31-12-7-5-4-6-11(12)16-19-20(25(35)30-24(19)34)18-17-13(8-9-14(33)21(17)29)32(23(18)22(16)31)27(28,2)39-15/h4-9,15,33,37H,3,10,29H2,1-2H3,(H,30,34,35)/t15-,27+,28-/m1/s1/i22+1,23+1. The lowest BCUT2D eigenvalue weighted by atomic mass is 9.89. The number of imide groups is 1. The molecule has 196 valence electrons. The number of nitrogens with two attached hydrogens (primary N) is 1. The molecule has 3 aliphatic heterocycles. The summed E-state index contributed by atoms with van der Waals surface area (Å²) >= 11 is 0. The van der Waals surface area contributed by atoms with Crippen LogP contribution in [-0.2, 0) is 20.0 Å². The average molecular weight is 528 g/mol. The number of ether oxygens (including phenoxy) is 2. The zero-order chi connectivity index (χ0) is 27.2. The van der Waals surface area contributed by atoms with E-state index in [-0.39, 0.29) is 35.6 Å². The Labute approximate surface area is 219 Å². The first-order chi connectivity index (χ1) is 18.6. The molecule has 11 heteroatoms. The lowest BCUT2D eigenvalue weighted by molar-refractivity contribution is -0.204. The third-order valence-corrected chi connectivity index (χ3v) is 8.65. The second-order valence-electron chi connectivity index (χ2n) is 10.4. The number of hydrogen-bond donors (Lipinski definition) is 4. The van der Waals surface area contributed by atoms with Gasteiger partial charge < -0.3 is 34.6 Å². The molecular formula is C28H22N4O7. The van der Waals surface area contributed by atoms with E-state index in [1.165, 1.54) is 6.07 Å². The van der Waals surface area contributed by atoms with Crippen LogP contribution in [0.25, 0.3) is 43.6 Å². The van der Waals surface area contributed by atoms with Crippen LogP contribution in [0.3, 0.4) is 0 Å². The zero-order valence-corrected chi connectivity index (χ0v) is 20.9. The molecule has 0 radical (unpaired) electrons. The number of aromatic hydroxyl groups is 1. The number of aliphatic hydroxyl groups is 1. The number of amides is 2. The van der Waals surface area contributed by atoms with Crippen molar-refractivity contribution in [2.24, 2.45) is 0 Å². The minimum Gasteiger partial charge on any atom is -0.506 e. The van der Waals surface area contributed by atoms with Crippen LogP contribution in [0.4, 0.5) is 5.69 Å². The fourth-order valence-corrected chi connectivity index (χ4v) is 7.04. The molecule has 0 unspecified atom stereocenters. The Balaban J connectivity index is 1.73. The van der Waals surface area contributed by atoms with Gasteiger partial charge in [-0.05, 0) is 32.0 Å². The van der Waals surface area contributed by atoms with Crippen molar-refractivity contribution in [3.8, 4) is 5.75 Å². The highest BCUT2D eigenvalue weighted by atomic mass is 16.6. The van der Waals surface area contributed by atoms with E-state index >= 15 is 0 Å². The number of para-hydroxylation sites is 1. The summed E-state index contributed by atoms with van der Waals surface area (Å²) < 4.78 is 15.5. The smallest absolute Gasteiger partial charge is 0.343 e. The second-order valence-corrected chi connectivity index (χ2v) is 10.4. The van der Waals surface area contributed by atoms with Crippen LogP contribution in [0.5, 0.6) is 5.75 Å². The highest BCUT2D eigenvalue weighted by Gasteiger charge is 2.66. The highest BCUT2D eigenvalue weighted by Crippen LogP contribution is 2.58. The topological polar surface area (TPSA) is 158 Å². The van der Waals surface area contributed by atoms with Crippen LogP contribution >= 0.6 is 0 Å². The van der Waals surface area contributed by atoms with E-state index in [4.69, 9.17) is 15.2 Å². The SMILES string of the molecule is CCOC(=O)[C@]1(O)C[C@H]2O[C@]1(C)n1c3ccc(O)c(N)c3c3c4c(c5c6ccccc6n2[13c]5[13c]31)C(=O)NC4=O. The molecule has 3 aliphatic rings. The second kappa shape index (κ2) is 6.68. The van der Waals surface area contributed by atoms with Gasteiger partial charge in [0.05, 0.1) is 45.5 Å². The molecule has 1 fully saturated rings. The quantitative estimate of drug-likeness (QED) is 0.118. The first-order valence-corrected chi connectivity index (χ1v) is 12.6. The summed E-state index contributed by atoms with van der Waals surface area (Å²) in [4.78, 5) is 40.1. The number of phenolic OH excluding ortho intramolecular Hbond substituents is 1. The Morgan fingerprint density at radius 2 is 1.82 bits per heavy atom. The van der Waals surface area contributed by atoms with Gasteiger partial charge in [-0.3, -0.25) is 14.9 Å². The van der Waals surface area contributed by atoms with E-state index in [2.05, 4.69) is 5.32 Å². The minimum atomic E-state index is -2.13. The zero-order valence-electron chi connectivity index (χ0n) is 20.9. The molecule has 5 heterocycles. The molecule has 2 amide bonds. The molecule has 1 saturated heterocycles. The van der Waals surface area contributed by atoms with Gasteiger partial charge in [0.15, 0.2) is 5.72 Å². The molecule has 5 aromatic rings. The van der Waals surface area contributed by atoms with Gasteiger partial charge in [-0.2, -0.15) is 0 Å². The van der Waals surface area contributed by atoms with Gasteiger partial charge in [0.25, 0.3) is 11.8 Å². The van der Waals surface area contributed by atoms with Crippen molar-refractivity contribution in [3.63, 3.8) is 0 Å². The number of esters is 1. The number of nitrogens with one attached hydrogen (secondary N) is 1. The lowest BCUT2D eigenvalue weighted by Crippen LogP contribution is -2.56. The average Bonchev–Trinajstić information content (AvgIpc) is 3.57. The molecule has 3 atom stereocenters. The van der Waals surface area contributed by atoms with E-state index < -0.39 is 35.3 Å². The molecule has 2 aromatic heterocycles. The first kappa shape index (κ1) is 22.4. The molecule has 8 rings (SSSR count). The number of benzene rings is 3. The highest BCUT2D eigenvalue weighted by molar-refractivity contribution is 6.40. The number of hydrogen-bond acceptors (Lipinski definition) is 8. The molecule has 0 aliphatic carbocycles. The minimum absolute atomic E-state index is 0.00833. The van der Waals surface area contributed by atoms with Crippen molar-refractivity contribution >= 4 is 67.1 Å². The Morgan fingerprint density at radius 3 is 2.56 bits per heavy atom. The van der Waals surface area contributed by atoms with E-state index in [1.807, 2.05) is 28.8 Å². The van der Waals surface area contributed by atoms with Crippen molar-refractivity contribution in [2.45, 2.75) is 37.8 Å². The summed E-state index contributed by atoms with van der Waals surface area (Å²) in [5, 5.41) is 27.1. The summed E-state index contributed by atoms with van der Waals surface area (Å²) in [5.41, 5.74) is 5.07. The third-order valence-electron chi connectivity index (χ3n) is 8.65. The molecule has 39 heavy (non-hydrogen) atoms. The first-order valence-electron chi connectivity index (χ1n) is 12.6. The van der Waals surface area contributed by atoms with Crippen LogP contribution in [0, 0.1) is 0 Å². The van der Waals surface area contributed by atoms with Crippen LogP contribution in [0.1, 0.15) is 47.2 Å². The molecule has 0 spiro atoms. The number of phenols is 1. The molecule has 5 N–H and O–H groups in total. The molecule has 11 nitrogen and oxygen atoms in total. The lowest BCUT2D eigenvalue weighted by Gasteiger charge is -2.37. The van der Waals surface area contributed by atoms with E-state index in [0.717, 1.165) is 0 Å². The maximum absolute atomic E-state index is 13.4. The van der Waals surface area contributed by atoms with Gasteiger partial charge in [0.2, 0.25) is 5.60 Å². The number of nitrogens with zero attached hydrogens (tertiary/aromatic N) is 2. The Bertz CT molecular complexity index is 2040. The maximum Gasteiger partial charge on any atom is 0.343 e. The fourth-order valence-electron chi connectivity index (χ4n) is 7.04. The van der Waals surface area contributed by atoms with Gasteiger partial charge in [0, 0.05) is 28.0 Å². The van der Waals surface area contributed by atoms with E-state index in [0.29, 0.717) is 43.6 Å². The normalized spacial score (nSPS) is 25.3. The predicted molar refractivity (Wildman–Crippen MR) is 140 cm³/mol. The van der Waals surface area contributed by atoms with Crippen LogP contribution in [-0.4, -0.2) is 49.3 Å². The summed E-state index contributed by atoms with van der Waals surface area (Å²) in [7, 11) is 0. The van der Waals surface area contributed by atoms with Crippen LogP contribution in [0.2, 0.25) is 0 Å². The van der Waals surface area contributed by atoms with Crippen molar-refractivity contribution in [1.82, 2.24) is 14.5 Å². The van der Waals surface area contributed by atoms with Gasteiger partial charge in [-0.25, -0.2) is 4.79 Å². The summed E-state index contributed by atoms with van der Waals surface area (Å²) in [6.07, 6.45) is -0.954. The van der Waals surface area contributed by atoms with Gasteiger partial charge in [-0.15, -0.1) is 0 Å². The number of rotatable bonds is 2. The van der Waals surface area contributed by atoms with Crippen LogP contribution in [0.15, 0.2) is 36.4 Å². The molecular weight excluding hydrogens is 506 g/mol. The Kier molecular flexibility index (Phi) is 3.84. The maximum atomic E-state index is 13.4. The fraction of sp³-hybridized carbons (Fsp3) is 0.250. The molecule has 3 aromatic carbocycles. The molecule has 0 saturated carbocycles. The number of carbonyl (C=O) groups is 3. The Morgan fingerprint density at radius 1 is 1.10 bits per heavy atom. The molecule has 2 bridgehead atoms. The number of nitrogen functional groups attached to an aromatic ring is 1. The van der Waals surface area contributed by atoms with Crippen molar-refractivity contribution in [3.05, 3.63) is 47.5 Å². The Hall–Kier alpha value is -4.61. The van der Waals surface area contributed by atoms with Crippen LogP contribution < -0.4 is 11.1 Å². The summed E-state index contributed by atoms with van der Waals surface area (Å²) in [6.45, 7) is 3.31. The largest absolute Gasteiger partial charge is 0.506 e. The summed E-state index contributed by atoms with van der Waals surface area (Å²) in [6, 6.07) is 10.4. The van der Waals surface area contributed by atoms with E-state index in [1.54, 1.807) is 24.5 Å². The monoisotopic (exact) mass is 528 g/mol. The van der Waals surface area contributed by atoms with Crippen molar-refractivity contribution in [1.29, 1.82) is 0 Å². The van der Waals surface area contributed by atoms with Gasteiger partial charge in [0.1, 0.15) is 12.0 Å². The van der Waals surface area contributed by atoms with Gasteiger partial charge in [-0.1, -0.05) is 18.2 Å². The number of carbonyl (C=O) groups excluding carboxylic acids is 3. The van der Waals surface area contributed by atoms with Gasteiger partial charge >= 0.3 is 5.97 Å².